The fraction of sp³-hybridized carbons (Fsp3) is 0.407. The van der Waals surface area contributed by atoms with Gasteiger partial charge in [-0.15, -0.1) is 0 Å². The molecule has 0 spiro atoms. The van der Waals surface area contributed by atoms with Gasteiger partial charge in [0.2, 0.25) is 0 Å². The van der Waals surface area contributed by atoms with Crippen molar-refractivity contribution >= 4 is 12.0 Å². The quantitative estimate of drug-likeness (QED) is 0.477. The number of carbonyl (C=O) groups is 1. The second kappa shape index (κ2) is 8.47. The van der Waals surface area contributed by atoms with E-state index in [1.807, 2.05) is 19.1 Å². The Morgan fingerprint density at radius 1 is 1.09 bits per heavy atom. The topological polar surface area (TPSA) is 39.2 Å². The first kappa shape index (κ1) is 21.9. The summed E-state index contributed by atoms with van der Waals surface area (Å²) in [6.45, 7) is 1.95. The summed E-state index contributed by atoms with van der Waals surface area (Å²) >= 11 is 0. The van der Waals surface area contributed by atoms with Crippen molar-refractivity contribution in [3.63, 3.8) is 0 Å². The molecule has 0 amide bonds. The molecule has 2 aliphatic carbocycles. The Morgan fingerprint density at radius 3 is 2.67 bits per heavy atom. The Bertz CT molecular complexity index is 1120. The van der Waals surface area contributed by atoms with Gasteiger partial charge in [-0.05, 0) is 73.4 Å². The van der Waals surface area contributed by atoms with Gasteiger partial charge in [-0.3, -0.25) is 4.98 Å². The van der Waals surface area contributed by atoms with Crippen LogP contribution in [0.3, 0.4) is 0 Å². The number of benzene rings is 1. The second-order valence-corrected chi connectivity index (χ2v) is 9.33. The molecule has 6 heteroatoms. The van der Waals surface area contributed by atoms with E-state index in [4.69, 9.17) is 4.74 Å². The summed E-state index contributed by atoms with van der Waals surface area (Å²) < 4.78 is 44.6. The lowest BCUT2D eigenvalue weighted by Gasteiger charge is -2.40. The van der Waals surface area contributed by atoms with Crippen LogP contribution < -0.4 is 0 Å². The molecule has 2 aromatic rings. The summed E-state index contributed by atoms with van der Waals surface area (Å²) in [6.07, 6.45) is 6.72. The summed E-state index contributed by atoms with van der Waals surface area (Å²) in [6, 6.07) is 8.89. The number of alkyl halides is 3. The monoisotopic (exact) mass is 453 g/mol. The van der Waals surface area contributed by atoms with Gasteiger partial charge in [0.1, 0.15) is 6.10 Å². The average molecular weight is 454 g/mol. The van der Waals surface area contributed by atoms with Crippen LogP contribution in [-0.2, 0) is 15.7 Å². The number of carbonyl (C=O) groups excluding carboxylic acids is 1. The van der Waals surface area contributed by atoms with Crippen molar-refractivity contribution in [1.29, 1.82) is 0 Å². The van der Waals surface area contributed by atoms with Crippen molar-refractivity contribution in [2.24, 2.45) is 17.8 Å². The highest BCUT2D eigenvalue weighted by Crippen LogP contribution is 2.50. The molecular formula is C27H26F3NO2. The van der Waals surface area contributed by atoms with Crippen molar-refractivity contribution in [1.82, 2.24) is 4.98 Å². The third-order valence-electron chi connectivity index (χ3n) is 7.36. The normalized spacial score (nSPS) is 27.5. The number of halogens is 3. The lowest BCUT2D eigenvalue weighted by molar-refractivity contribution is -0.139. The standard InChI is InChI=1S/C27H26F3NO2/c1-16-25-23(22-8-3-2-5-18(22)14-24(25)26(32)33-16)12-11-21-10-9-19(15-31-21)17-6-4-7-20(13-17)27(28,29)30/h4,6-7,9-13,15-16,18,22-23H,2-3,5,8,14H2,1H3/b12-11+. The van der Waals surface area contributed by atoms with Gasteiger partial charge in [0.05, 0.1) is 11.3 Å². The van der Waals surface area contributed by atoms with Gasteiger partial charge in [0, 0.05) is 23.3 Å². The van der Waals surface area contributed by atoms with Gasteiger partial charge in [-0.1, -0.05) is 37.1 Å². The molecule has 172 valence electrons. The molecule has 3 nitrogen and oxygen atoms in total. The van der Waals surface area contributed by atoms with Crippen LogP contribution in [0.5, 0.6) is 0 Å². The molecule has 1 aromatic carbocycles. The van der Waals surface area contributed by atoms with Crippen LogP contribution in [-0.4, -0.2) is 17.1 Å². The minimum atomic E-state index is -4.38. The Morgan fingerprint density at radius 2 is 1.91 bits per heavy atom. The van der Waals surface area contributed by atoms with E-state index < -0.39 is 11.7 Å². The smallest absolute Gasteiger partial charge is 0.416 e. The minimum absolute atomic E-state index is 0.158. The molecule has 0 saturated heterocycles. The molecule has 1 aromatic heterocycles. The second-order valence-electron chi connectivity index (χ2n) is 9.33. The summed E-state index contributed by atoms with van der Waals surface area (Å²) in [4.78, 5) is 16.9. The number of allylic oxidation sites excluding steroid dienone is 1. The van der Waals surface area contributed by atoms with Crippen LogP contribution in [0.15, 0.2) is 59.8 Å². The van der Waals surface area contributed by atoms with Gasteiger partial charge in [-0.2, -0.15) is 13.2 Å². The predicted octanol–water partition coefficient (Wildman–Crippen LogP) is 6.85. The number of ether oxygens (including phenoxy) is 1. The lowest BCUT2D eigenvalue weighted by atomic mass is 9.63. The molecule has 5 rings (SSSR count). The summed E-state index contributed by atoms with van der Waals surface area (Å²) in [5.41, 5.74) is 3.18. The number of rotatable bonds is 3. The van der Waals surface area contributed by atoms with Crippen molar-refractivity contribution < 1.29 is 22.7 Å². The zero-order valence-electron chi connectivity index (χ0n) is 18.4. The maximum Gasteiger partial charge on any atom is 0.416 e. The van der Waals surface area contributed by atoms with E-state index in [0.717, 1.165) is 48.2 Å². The number of pyridine rings is 1. The van der Waals surface area contributed by atoms with Crippen LogP contribution in [0, 0.1) is 17.8 Å². The number of aromatic nitrogens is 1. The summed E-state index contributed by atoms with van der Waals surface area (Å²) in [5.74, 6) is 1.02. The molecule has 2 heterocycles. The molecular weight excluding hydrogens is 427 g/mol. The van der Waals surface area contributed by atoms with Crippen LogP contribution in [0.4, 0.5) is 13.2 Å². The van der Waals surface area contributed by atoms with Crippen molar-refractivity contribution in [3.8, 4) is 11.1 Å². The predicted molar refractivity (Wildman–Crippen MR) is 120 cm³/mol. The number of cyclic esters (lactones) is 1. The molecule has 0 radical (unpaired) electrons. The Labute approximate surface area is 191 Å². The molecule has 1 saturated carbocycles. The highest BCUT2D eigenvalue weighted by atomic mass is 19.4. The first-order valence-corrected chi connectivity index (χ1v) is 11.6. The van der Waals surface area contributed by atoms with Crippen molar-refractivity contribution in [2.75, 3.05) is 0 Å². The van der Waals surface area contributed by atoms with E-state index in [1.54, 1.807) is 18.3 Å². The SMILES string of the molecule is CC1OC(=O)C2=C1C(/C=C/c1ccc(-c3cccc(C(F)(F)F)c3)cn1)C1CCCCC1C2. The van der Waals surface area contributed by atoms with Crippen LogP contribution in [0.25, 0.3) is 17.2 Å². The average Bonchev–Trinajstić information content (AvgIpc) is 3.09. The Balaban J connectivity index is 1.40. The fourth-order valence-electron chi connectivity index (χ4n) is 5.79. The maximum absolute atomic E-state index is 13.0. The third-order valence-corrected chi connectivity index (χ3v) is 7.36. The van der Waals surface area contributed by atoms with Gasteiger partial charge in [0.15, 0.2) is 0 Å². The zero-order valence-corrected chi connectivity index (χ0v) is 18.4. The number of hydrogen-bond donors (Lipinski definition) is 0. The minimum Gasteiger partial charge on any atom is -0.455 e. The Kier molecular flexibility index (Phi) is 5.63. The highest BCUT2D eigenvalue weighted by molar-refractivity contribution is 5.93. The molecule has 1 fully saturated rings. The number of hydrogen-bond acceptors (Lipinski definition) is 3. The molecule has 4 unspecified atom stereocenters. The van der Waals surface area contributed by atoms with Crippen LogP contribution in [0.1, 0.15) is 50.3 Å². The molecule has 0 N–H and O–H groups in total. The van der Waals surface area contributed by atoms with Gasteiger partial charge >= 0.3 is 12.1 Å². The summed E-state index contributed by atoms with van der Waals surface area (Å²) in [5, 5.41) is 0. The van der Waals surface area contributed by atoms with Crippen molar-refractivity contribution in [2.45, 2.75) is 51.3 Å². The van der Waals surface area contributed by atoms with E-state index in [2.05, 4.69) is 11.1 Å². The first-order chi connectivity index (χ1) is 15.8. The molecule has 4 atom stereocenters. The number of nitrogens with zero attached hydrogens (tertiary/aromatic N) is 1. The van der Waals surface area contributed by atoms with Gasteiger partial charge in [0.25, 0.3) is 0 Å². The van der Waals surface area contributed by atoms with E-state index in [1.165, 1.54) is 18.9 Å². The number of fused-ring (bicyclic) bond motifs is 1. The largest absolute Gasteiger partial charge is 0.455 e. The molecule has 1 aliphatic heterocycles. The first-order valence-electron chi connectivity index (χ1n) is 11.6. The van der Waals surface area contributed by atoms with E-state index >= 15 is 0 Å². The highest BCUT2D eigenvalue weighted by Gasteiger charge is 2.45. The van der Waals surface area contributed by atoms with Gasteiger partial charge < -0.3 is 4.74 Å². The molecule has 33 heavy (non-hydrogen) atoms. The van der Waals surface area contributed by atoms with Crippen LogP contribution in [0.2, 0.25) is 0 Å². The van der Waals surface area contributed by atoms with Crippen molar-refractivity contribution in [3.05, 3.63) is 71.1 Å². The zero-order chi connectivity index (χ0) is 23.2. The fourth-order valence-corrected chi connectivity index (χ4v) is 5.79. The Hall–Kier alpha value is -2.89. The molecule has 0 bridgehead atoms. The summed E-state index contributed by atoms with van der Waals surface area (Å²) in [7, 11) is 0. The maximum atomic E-state index is 13.0. The lowest BCUT2D eigenvalue weighted by Crippen LogP contribution is -2.33. The number of esters is 1. The van der Waals surface area contributed by atoms with E-state index in [-0.39, 0.29) is 18.0 Å². The van der Waals surface area contributed by atoms with Gasteiger partial charge in [-0.25, -0.2) is 4.79 Å². The van der Waals surface area contributed by atoms with Crippen LogP contribution >= 0.6 is 0 Å². The third kappa shape index (κ3) is 4.23. The van der Waals surface area contributed by atoms with E-state index in [9.17, 15) is 18.0 Å². The molecule has 3 aliphatic rings. The van der Waals surface area contributed by atoms with E-state index in [0.29, 0.717) is 23.0 Å².